The highest BCUT2D eigenvalue weighted by atomic mass is 19.1. The number of hydrogen-bond donors (Lipinski definition) is 1. The van der Waals surface area contributed by atoms with Crippen LogP contribution < -0.4 is 10.1 Å². The lowest BCUT2D eigenvalue weighted by Gasteiger charge is -2.43. The second-order valence-corrected chi connectivity index (χ2v) is 9.50. The molecule has 3 atom stereocenters. The molecule has 0 bridgehead atoms. The fourth-order valence-corrected chi connectivity index (χ4v) is 5.35. The molecular weight excluding hydrogens is 474 g/mol. The van der Waals surface area contributed by atoms with Gasteiger partial charge in [0.15, 0.2) is 11.6 Å². The van der Waals surface area contributed by atoms with Crippen LogP contribution in [-0.4, -0.2) is 56.8 Å². The number of ether oxygens (including phenoxy) is 1. The minimum atomic E-state index is -0.748. The summed E-state index contributed by atoms with van der Waals surface area (Å²) in [7, 11) is 3.37. The van der Waals surface area contributed by atoms with Crippen LogP contribution in [0.3, 0.4) is 0 Å². The van der Waals surface area contributed by atoms with E-state index in [-0.39, 0.29) is 17.1 Å². The van der Waals surface area contributed by atoms with Crippen molar-refractivity contribution in [2.75, 3.05) is 40.3 Å². The first-order chi connectivity index (χ1) is 17.8. The summed E-state index contributed by atoms with van der Waals surface area (Å²) >= 11 is 0. The fourth-order valence-electron chi connectivity index (χ4n) is 5.35. The first-order valence-electron chi connectivity index (χ1n) is 12.4. The maximum Gasteiger partial charge on any atom is 0.170 e. The van der Waals surface area contributed by atoms with Gasteiger partial charge in [0.2, 0.25) is 0 Å². The second kappa shape index (κ2) is 11.8. The van der Waals surface area contributed by atoms with E-state index in [2.05, 4.69) is 10.2 Å². The lowest BCUT2D eigenvalue weighted by atomic mass is 9.67. The summed E-state index contributed by atoms with van der Waals surface area (Å²) in [6, 6.07) is 17.5. The molecule has 0 aliphatic carbocycles. The van der Waals surface area contributed by atoms with Crippen LogP contribution in [0.15, 0.2) is 66.7 Å². The van der Waals surface area contributed by atoms with Crippen molar-refractivity contribution in [2.45, 2.75) is 12.8 Å². The van der Waals surface area contributed by atoms with Crippen molar-refractivity contribution in [1.82, 2.24) is 10.2 Å². The summed E-state index contributed by atoms with van der Waals surface area (Å²) in [5, 5.41) is 3.11. The number of carbonyl (C=O) groups is 2. The summed E-state index contributed by atoms with van der Waals surface area (Å²) in [5.74, 6) is -3.04. The van der Waals surface area contributed by atoms with Gasteiger partial charge in [0.05, 0.1) is 12.7 Å². The van der Waals surface area contributed by atoms with Crippen molar-refractivity contribution in [3.8, 4) is 5.75 Å². The van der Waals surface area contributed by atoms with Crippen LogP contribution in [0.4, 0.5) is 8.78 Å². The number of likely N-dealkylation sites (tertiary alicyclic amines) is 1. The first kappa shape index (κ1) is 26.6. The van der Waals surface area contributed by atoms with Crippen molar-refractivity contribution >= 4 is 11.6 Å². The summed E-state index contributed by atoms with van der Waals surface area (Å²) < 4.78 is 34.9. The van der Waals surface area contributed by atoms with Gasteiger partial charge in [0, 0.05) is 49.5 Å². The van der Waals surface area contributed by atoms with E-state index in [0.717, 1.165) is 0 Å². The van der Waals surface area contributed by atoms with Crippen molar-refractivity contribution in [3.05, 3.63) is 101 Å². The smallest absolute Gasteiger partial charge is 0.170 e. The minimum Gasteiger partial charge on any atom is -0.497 e. The largest absolute Gasteiger partial charge is 0.497 e. The van der Waals surface area contributed by atoms with Gasteiger partial charge in [-0.25, -0.2) is 8.78 Å². The standard InChI is InChI=1S/C30H32F2N2O3/c1-19-22(11-7-13-26(19)31)28-24(29(35)20-8-6-9-21(16-20)37-3)17-34(15-14-33-2)18-25(28)30(36)23-10-4-5-12-27(23)32/h4-13,16,24-25,28,33H,14-15,17-18H2,1-3H3/t24-,25+,28+/m0/s1. The van der Waals surface area contributed by atoms with Gasteiger partial charge >= 0.3 is 0 Å². The average Bonchev–Trinajstić information content (AvgIpc) is 2.92. The Bertz CT molecular complexity index is 1280. The Morgan fingerprint density at radius 3 is 2.32 bits per heavy atom. The summed E-state index contributed by atoms with van der Waals surface area (Å²) in [5.41, 5.74) is 1.43. The molecule has 1 aliphatic rings. The Morgan fingerprint density at radius 2 is 1.62 bits per heavy atom. The Morgan fingerprint density at radius 1 is 0.946 bits per heavy atom. The number of ketones is 2. The number of benzene rings is 3. The van der Waals surface area contributed by atoms with Gasteiger partial charge < -0.3 is 15.0 Å². The topological polar surface area (TPSA) is 58.6 Å². The zero-order chi connectivity index (χ0) is 26.5. The van der Waals surface area contributed by atoms with Crippen molar-refractivity contribution < 1.29 is 23.1 Å². The summed E-state index contributed by atoms with van der Waals surface area (Å²) in [4.78, 5) is 30.0. The van der Waals surface area contributed by atoms with Crippen LogP contribution in [0.5, 0.6) is 5.75 Å². The van der Waals surface area contributed by atoms with Crippen molar-refractivity contribution in [2.24, 2.45) is 11.8 Å². The highest BCUT2D eigenvalue weighted by Gasteiger charge is 2.45. The number of Topliss-reactive ketones (excluding diaryl/α,β-unsaturated/α-hetero) is 2. The Balaban J connectivity index is 1.86. The van der Waals surface area contributed by atoms with Gasteiger partial charge in [-0.05, 0) is 55.4 Å². The molecule has 1 saturated heterocycles. The molecule has 37 heavy (non-hydrogen) atoms. The van der Waals surface area contributed by atoms with Gasteiger partial charge in [0.1, 0.15) is 17.4 Å². The highest BCUT2D eigenvalue weighted by molar-refractivity contribution is 6.02. The quantitative estimate of drug-likeness (QED) is 0.419. The predicted octanol–water partition coefficient (Wildman–Crippen LogP) is 4.90. The molecule has 3 aromatic carbocycles. The number of hydrogen-bond acceptors (Lipinski definition) is 5. The number of nitrogens with zero attached hydrogens (tertiary/aromatic N) is 1. The molecule has 0 radical (unpaired) electrons. The number of piperidine rings is 1. The Kier molecular flexibility index (Phi) is 8.46. The summed E-state index contributed by atoms with van der Waals surface area (Å²) in [6.07, 6.45) is 0. The molecule has 7 heteroatoms. The van der Waals surface area contributed by atoms with E-state index >= 15 is 0 Å². The molecule has 4 rings (SSSR count). The maximum atomic E-state index is 14.8. The molecule has 194 valence electrons. The molecule has 1 heterocycles. The lowest BCUT2D eigenvalue weighted by Crippen LogP contribution is -2.51. The minimum absolute atomic E-state index is 0.0189. The van der Waals surface area contributed by atoms with Crippen molar-refractivity contribution in [1.29, 1.82) is 0 Å². The Hall–Kier alpha value is -3.42. The summed E-state index contributed by atoms with van der Waals surface area (Å²) in [6.45, 7) is 3.64. The lowest BCUT2D eigenvalue weighted by molar-refractivity contribution is 0.0573. The molecule has 5 nitrogen and oxygen atoms in total. The molecule has 0 unspecified atom stereocenters. The van der Waals surface area contributed by atoms with Crippen molar-refractivity contribution in [3.63, 3.8) is 0 Å². The van der Waals surface area contributed by atoms with Gasteiger partial charge in [0.25, 0.3) is 0 Å². The number of halogens is 2. The molecule has 0 spiro atoms. The van der Waals surface area contributed by atoms with Crippen LogP contribution in [0.2, 0.25) is 0 Å². The maximum absolute atomic E-state index is 14.8. The van der Waals surface area contributed by atoms with E-state index < -0.39 is 29.4 Å². The molecular formula is C30H32F2N2O3. The van der Waals surface area contributed by atoms with Crippen LogP contribution in [0, 0.1) is 30.4 Å². The van der Waals surface area contributed by atoms with Gasteiger partial charge in [-0.15, -0.1) is 0 Å². The number of carbonyl (C=O) groups excluding carboxylic acids is 2. The molecule has 0 amide bonds. The van der Waals surface area contributed by atoms with E-state index in [1.807, 2.05) is 7.05 Å². The van der Waals surface area contributed by atoms with Crippen LogP contribution >= 0.6 is 0 Å². The first-order valence-corrected chi connectivity index (χ1v) is 12.4. The van der Waals surface area contributed by atoms with E-state index in [4.69, 9.17) is 4.74 Å². The third-order valence-corrected chi connectivity index (χ3v) is 7.29. The number of likely N-dealkylation sites (N-methyl/N-ethyl adjacent to an activating group) is 1. The normalized spacial score (nSPS) is 20.0. The Labute approximate surface area is 216 Å². The molecule has 3 aromatic rings. The molecule has 0 saturated carbocycles. The van der Waals surface area contributed by atoms with Gasteiger partial charge in [-0.2, -0.15) is 0 Å². The average molecular weight is 507 g/mol. The monoisotopic (exact) mass is 506 g/mol. The highest BCUT2D eigenvalue weighted by Crippen LogP contribution is 2.42. The van der Waals surface area contributed by atoms with E-state index in [9.17, 15) is 18.4 Å². The molecule has 0 aromatic heterocycles. The van der Waals surface area contributed by atoms with E-state index in [1.165, 1.54) is 31.4 Å². The zero-order valence-electron chi connectivity index (χ0n) is 21.3. The number of methoxy groups -OCH3 is 1. The van der Waals surface area contributed by atoms with Crippen LogP contribution in [0.25, 0.3) is 0 Å². The third-order valence-electron chi connectivity index (χ3n) is 7.29. The van der Waals surface area contributed by atoms with Gasteiger partial charge in [-0.3, -0.25) is 9.59 Å². The van der Waals surface area contributed by atoms with E-state index in [0.29, 0.717) is 48.6 Å². The fraction of sp³-hybridized carbons (Fsp3) is 0.333. The van der Waals surface area contributed by atoms with E-state index in [1.54, 1.807) is 49.4 Å². The van der Waals surface area contributed by atoms with Crippen LogP contribution in [0.1, 0.15) is 37.8 Å². The number of nitrogens with one attached hydrogen (secondary N) is 1. The molecule has 1 N–H and O–H groups in total. The second-order valence-electron chi connectivity index (χ2n) is 9.50. The SMILES string of the molecule is CNCCN1C[C@H](C(=O)c2cccc(OC)c2)[C@@H](c2cccc(F)c2C)[C@H](C(=O)c2ccccc2F)C1. The number of rotatable bonds is 9. The third kappa shape index (κ3) is 5.63. The van der Waals surface area contributed by atoms with Gasteiger partial charge in [-0.1, -0.05) is 36.4 Å². The zero-order valence-corrected chi connectivity index (χ0v) is 21.3. The van der Waals surface area contributed by atoms with Crippen LogP contribution in [-0.2, 0) is 0 Å². The predicted molar refractivity (Wildman–Crippen MR) is 139 cm³/mol. The molecule has 1 fully saturated rings. The molecule has 1 aliphatic heterocycles.